The Morgan fingerprint density at radius 3 is 2.12 bits per heavy atom. The minimum absolute atomic E-state index is 0.143. The Morgan fingerprint density at radius 2 is 1.58 bits per heavy atom. The molecule has 0 N–H and O–H groups in total. The highest BCUT2D eigenvalue weighted by Crippen LogP contribution is 2.22. The average Bonchev–Trinajstić information content (AvgIpc) is 2.59. The van der Waals surface area contributed by atoms with Crippen LogP contribution in [-0.4, -0.2) is 32.0 Å². The number of benzene rings is 2. The molecule has 0 bridgehead atoms. The minimum atomic E-state index is -3.72. The third-order valence-electron chi connectivity index (χ3n) is 4.09. The van der Waals surface area contributed by atoms with E-state index in [1.54, 1.807) is 42.5 Å². The zero-order chi connectivity index (χ0) is 19.3. The van der Waals surface area contributed by atoms with Gasteiger partial charge in [0.25, 0.3) is 0 Å². The molecule has 0 fully saturated rings. The fourth-order valence-corrected chi connectivity index (χ4v) is 4.30. The molecule has 6 heteroatoms. The Bertz CT molecular complexity index is 870. The second-order valence-electron chi connectivity index (χ2n) is 6.25. The van der Waals surface area contributed by atoms with Crippen molar-refractivity contribution in [3.63, 3.8) is 0 Å². The number of carbonyl (C=O) groups excluding carboxylic acids is 2. The maximum Gasteiger partial charge on any atom is 0.302 e. The number of ketones is 1. The lowest BCUT2D eigenvalue weighted by molar-refractivity contribution is -0.146. The van der Waals surface area contributed by atoms with Crippen molar-refractivity contribution in [2.75, 3.05) is 5.75 Å². The molecule has 2 atom stereocenters. The summed E-state index contributed by atoms with van der Waals surface area (Å²) < 4.78 is 30.7. The standard InChI is InChI=1S/C20H22O5S/c1-14-9-11-18(12-10-14)26(23,24)13-19(15(2)25-16(3)21)20(22)17-7-5-4-6-8-17/h4-12,15,19H,13H2,1-3H3/t15-,19+/m1/s1. The molecule has 0 aromatic heterocycles. The summed E-state index contributed by atoms with van der Waals surface area (Å²) >= 11 is 0. The van der Waals surface area contributed by atoms with Crippen molar-refractivity contribution < 1.29 is 22.7 Å². The van der Waals surface area contributed by atoms with Crippen LogP contribution in [0.15, 0.2) is 59.5 Å². The van der Waals surface area contributed by atoms with Gasteiger partial charge in [-0.25, -0.2) is 8.42 Å². The second-order valence-corrected chi connectivity index (χ2v) is 8.28. The van der Waals surface area contributed by atoms with Gasteiger partial charge in [-0.2, -0.15) is 0 Å². The molecule has 0 radical (unpaired) electrons. The zero-order valence-corrected chi connectivity index (χ0v) is 15.8. The molecule has 0 heterocycles. The molecule has 0 spiro atoms. The monoisotopic (exact) mass is 374 g/mol. The number of Topliss-reactive ketones (excluding diaryl/α,β-unsaturated/α-hetero) is 1. The summed E-state index contributed by atoms with van der Waals surface area (Å²) in [4.78, 5) is 24.3. The molecule has 2 aromatic rings. The van der Waals surface area contributed by atoms with E-state index in [4.69, 9.17) is 4.74 Å². The Hall–Kier alpha value is -2.47. The number of esters is 1. The van der Waals surface area contributed by atoms with Gasteiger partial charge in [-0.3, -0.25) is 9.59 Å². The molecule has 0 amide bonds. The van der Waals surface area contributed by atoms with Crippen LogP contribution >= 0.6 is 0 Å². The smallest absolute Gasteiger partial charge is 0.302 e. The maximum absolute atomic E-state index is 12.9. The van der Waals surface area contributed by atoms with E-state index in [2.05, 4.69) is 0 Å². The lowest BCUT2D eigenvalue weighted by atomic mass is 9.95. The Labute approximate surface area is 153 Å². The number of hydrogen-bond donors (Lipinski definition) is 0. The minimum Gasteiger partial charge on any atom is -0.462 e. The Balaban J connectivity index is 2.35. The van der Waals surface area contributed by atoms with E-state index in [-0.39, 0.29) is 10.7 Å². The van der Waals surface area contributed by atoms with Gasteiger partial charge < -0.3 is 4.74 Å². The van der Waals surface area contributed by atoms with Crippen LogP contribution in [0, 0.1) is 12.8 Å². The fourth-order valence-electron chi connectivity index (χ4n) is 2.66. The highest BCUT2D eigenvalue weighted by atomic mass is 32.2. The Kier molecular flexibility index (Phi) is 6.32. The van der Waals surface area contributed by atoms with Gasteiger partial charge in [-0.15, -0.1) is 0 Å². The molecule has 0 saturated heterocycles. The maximum atomic E-state index is 12.9. The molecular formula is C20H22O5S. The first-order chi connectivity index (χ1) is 12.2. The van der Waals surface area contributed by atoms with Crippen LogP contribution in [0.2, 0.25) is 0 Å². The largest absolute Gasteiger partial charge is 0.462 e. The van der Waals surface area contributed by atoms with Gasteiger partial charge >= 0.3 is 5.97 Å². The molecule has 0 aliphatic rings. The highest BCUT2D eigenvalue weighted by molar-refractivity contribution is 7.91. The number of aryl methyl sites for hydroxylation is 1. The molecule has 138 valence electrons. The number of sulfone groups is 1. The van der Waals surface area contributed by atoms with Gasteiger partial charge in [0.2, 0.25) is 0 Å². The second kappa shape index (κ2) is 8.27. The fraction of sp³-hybridized carbons (Fsp3) is 0.300. The van der Waals surface area contributed by atoms with E-state index >= 15 is 0 Å². The van der Waals surface area contributed by atoms with Crippen molar-refractivity contribution in [3.05, 3.63) is 65.7 Å². The summed E-state index contributed by atoms with van der Waals surface area (Å²) in [6, 6.07) is 14.9. The van der Waals surface area contributed by atoms with E-state index in [0.29, 0.717) is 5.56 Å². The van der Waals surface area contributed by atoms with Gasteiger partial charge in [0.05, 0.1) is 16.6 Å². The van der Waals surface area contributed by atoms with Gasteiger partial charge in [-0.05, 0) is 26.0 Å². The number of carbonyl (C=O) groups is 2. The summed E-state index contributed by atoms with van der Waals surface area (Å²) in [5, 5.41) is 0. The van der Waals surface area contributed by atoms with E-state index in [1.807, 2.05) is 6.92 Å². The third kappa shape index (κ3) is 5.02. The van der Waals surface area contributed by atoms with Crippen molar-refractivity contribution in [1.29, 1.82) is 0 Å². The van der Waals surface area contributed by atoms with Crippen molar-refractivity contribution in [2.24, 2.45) is 5.92 Å². The third-order valence-corrected chi connectivity index (χ3v) is 5.88. The molecule has 0 saturated carbocycles. The van der Waals surface area contributed by atoms with E-state index in [1.165, 1.54) is 26.0 Å². The van der Waals surface area contributed by atoms with Crippen LogP contribution in [0.5, 0.6) is 0 Å². The summed E-state index contributed by atoms with van der Waals surface area (Å²) in [5.41, 5.74) is 1.32. The average molecular weight is 374 g/mol. The lowest BCUT2D eigenvalue weighted by Gasteiger charge is -2.22. The van der Waals surface area contributed by atoms with Gasteiger partial charge in [0.15, 0.2) is 15.6 Å². The normalized spacial score (nSPS) is 13.7. The van der Waals surface area contributed by atoms with Gasteiger partial charge in [-0.1, -0.05) is 48.0 Å². The van der Waals surface area contributed by atoms with Crippen LogP contribution in [0.3, 0.4) is 0 Å². The molecule has 0 aliphatic heterocycles. The number of hydrogen-bond acceptors (Lipinski definition) is 5. The summed E-state index contributed by atoms with van der Waals surface area (Å²) in [6.45, 7) is 4.63. The first-order valence-corrected chi connectivity index (χ1v) is 9.92. The first kappa shape index (κ1) is 19.8. The van der Waals surface area contributed by atoms with Gasteiger partial charge in [0, 0.05) is 12.5 Å². The highest BCUT2D eigenvalue weighted by Gasteiger charge is 2.33. The van der Waals surface area contributed by atoms with Gasteiger partial charge in [0.1, 0.15) is 6.10 Å². The summed E-state index contributed by atoms with van der Waals surface area (Å²) in [7, 11) is -3.72. The lowest BCUT2D eigenvalue weighted by Crippen LogP contribution is -2.35. The van der Waals surface area contributed by atoms with Crippen molar-refractivity contribution in [2.45, 2.75) is 31.8 Å². The molecular weight excluding hydrogens is 352 g/mol. The van der Waals surface area contributed by atoms with Crippen molar-refractivity contribution >= 4 is 21.6 Å². The molecule has 0 aliphatic carbocycles. The SMILES string of the molecule is CC(=O)O[C@H](C)[C@H](CS(=O)(=O)c1ccc(C)cc1)C(=O)c1ccccc1. The van der Waals surface area contributed by atoms with Crippen molar-refractivity contribution in [3.8, 4) is 0 Å². The van der Waals surface area contributed by atoms with Crippen LogP contribution in [0.4, 0.5) is 0 Å². The zero-order valence-electron chi connectivity index (χ0n) is 15.0. The molecule has 0 unspecified atom stereocenters. The summed E-state index contributed by atoms with van der Waals surface area (Å²) in [6.07, 6.45) is -0.861. The number of rotatable bonds is 7. The van der Waals surface area contributed by atoms with Crippen molar-refractivity contribution in [1.82, 2.24) is 0 Å². The topological polar surface area (TPSA) is 77.5 Å². The number of ether oxygens (including phenoxy) is 1. The quantitative estimate of drug-likeness (QED) is 0.549. The molecule has 26 heavy (non-hydrogen) atoms. The predicted molar refractivity (Wildman–Crippen MR) is 98.7 cm³/mol. The van der Waals surface area contributed by atoms with E-state index in [9.17, 15) is 18.0 Å². The molecule has 5 nitrogen and oxygen atoms in total. The predicted octanol–water partition coefficient (Wildman–Crippen LogP) is 3.22. The van der Waals surface area contributed by atoms with Crippen LogP contribution in [0.1, 0.15) is 29.8 Å². The van der Waals surface area contributed by atoms with Crippen LogP contribution < -0.4 is 0 Å². The first-order valence-electron chi connectivity index (χ1n) is 8.26. The van der Waals surface area contributed by atoms with Crippen LogP contribution in [0.25, 0.3) is 0 Å². The molecule has 2 rings (SSSR count). The van der Waals surface area contributed by atoms with Crippen LogP contribution in [-0.2, 0) is 19.4 Å². The summed E-state index contributed by atoms with van der Waals surface area (Å²) in [5.74, 6) is -2.35. The molecule has 2 aromatic carbocycles. The van der Waals surface area contributed by atoms with E-state index < -0.39 is 33.6 Å². The Morgan fingerprint density at radius 1 is 1.00 bits per heavy atom. The van der Waals surface area contributed by atoms with E-state index in [0.717, 1.165) is 5.56 Å².